The summed E-state index contributed by atoms with van der Waals surface area (Å²) in [4.78, 5) is 14.3. The summed E-state index contributed by atoms with van der Waals surface area (Å²) < 4.78 is 7.26. The zero-order valence-corrected chi connectivity index (χ0v) is 20.4. The van der Waals surface area contributed by atoms with Crippen LogP contribution in [0.4, 0.5) is 11.4 Å². The van der Waals surface area contributed by atoms with Gasteiger partial charge in [0.1, 0.15) is 5.75 Å². The second-order valence-corrected chi connectivity index (χ2v) is 9.11. The maximum Gasteiger partial charge on any atom is 0.121 e. The van der Waals surface area contributed by atoms with E-state index in [0.29, 0.717) is 5.02 Å². The first-order valence-electron chi connectivity index (χ1n) is 11.7. The van der Waals surface area contributed by atoms with Crippen molar-refractivity contribution in [3.8, 4) is 17.0 Å². The highest BCUT2D eigenvalue weighted by atomic mass is 35.5. The minimum absolute atomic E-state index is 0.692. The number of aryl methyl sites for hydroxylation is 1. The molecule has 4 aromatic rings. The first-order valence-corrected chi connectivity index (χ1v) is 12.1. The predicted octanol–water partition coefficient (Wildman–Crippen LogP) is 5.32. The molecule has 1 aliphatic rings. The molecule has 1 saturated heterocycles. The number of benzene rings is 2. The highest BCUT2D eigenvalue weighted by Crippen LogP contribution is 2.36. The van der Waals surface area contributed by atoms with Crippen LogP contribution in [0.3, 0.4) is 0 Å². The summed E-state index contributed by atoms with van der Waals surface area (Å²) in [6, 6.07) is 12.0. The molecule has 0 bridgehead atoms. The van der Waals surface area contributed by atoms with Crippen LogP contribution in [0.15, 0.2) is 55.0 Å². The maximum atomic E-state index is 6.68. The van der Waals surface area contributed by atoms with Gasteiger partial charge in [0.25, 0.3) is 0 Å². The molecule has 0 spiro atoms. The molecule has 1 aliphatic heterocycles. The van der Waals surface area contributed by atoms with E-state index in [2.05, 4.69) is 32.0 Å². The van der Waals surface area contributed by atoms with Crippen molar-refractivity contribution in [3.05, 3.63) is 60.0 Å². The average molecular weight is 477 g/mol. The largest absolute Gasteiger partial charge is 0.497 e. The quantitative estimate of drug-likeness (QED) is 0.343. The van der Waals surface area contributed by atoms with Gasteiger partial charge in [-0.05, 0) is 69.2 Å². The van der Waals surface area contributed by atoms with Crippen molar-refractivity contribution in [2.24, 2.45) is 7.05 Å². The lowest BCUT2D eigenvalue weighted by Crippen LogP contribution is -2.26. The van der Waals surface area contributed by atoms with Gasteiger partial charge in [-0.15, -0.1) is 0 Å². The summed E-state index contributed by atoms with van der Waals surface area (Å²) >= 11 is 6.68. The number of ether oxygens (including phenoxy) is 1. The molecule has 176 valence electrons. The molecule has 8 heteroatoms. The summed E-state index contributed by atoms with van der Waals surface area (Å²) in [7, 11) is 3.57. The Morgan fingerprint density at radius 1 is 1.06 bits per heavy atom. The number of nitrogens with zero attached hydrogens (tertiary/aromatic N) is 6. The molecule has 0 unspecified atom stereocenters. The van der Waals surface area contributed by atoms with E-state index >= 15 is 0 Å². The average Bonchev–Trinajstić information content (AvgIpc) is 3.54. The standard InChI is InChI=1S/C26H29ClN6O/c1-31-18-19(16-29-31)25-17-28-23-9-6-20(14-24(23)30-25)33(13-5-12-32-10-3-4-11-32)26-15-21(34-2)7-8-22(26)27/h6-9,14-18H,3-5,10-13H2,1-2H3. The number of methoxy groups -OCH3 is 1. The topological polar surface area (TPSA) is 59.3 Å². The van der Waals surface area contributed by atoms with E-state index in [4.69, 9.17) is 21.3 Å². The first-order chi connectivity index (χ1) is 16.6. The van der Waals surface area contributed by atoms with Gasteiger partial charge in [0.05, 0.1) is 46.9 Å². The lowest BCUT2D eigenvalue weighted by atomic mass is 10.2. The van der Waals surface area contributed by atoms with Gasteiger partial charge in [-0.3, -0.25) is 9.67 Å². The van der Waals surface area contributed by atoms with Gasteiger partial charge < -0.3 is 14.5 Å². The lowest BCUT2D eigenvalue weighted by molar-refractivity contribution is 0.336. The molecule has 0 amide bonds. The SMILES string of the molecule is COc1ccc(Cl)c(N(CCCN2CCCC2)c2ccc3ncc(-c4cnn(C)c4)nc3c2)c1. The van der Waals surface area contributed by atoms with E-state index in [1.807, 2.05) is 37.5 Å². The Labute approximate surface area is 204 Å². The van der Waals surface area contributed by atoms with Gasteiger partial charge in [0, 0.05) is 37.1 Å². The summed E-state index contributed by atoms with van der Waals surface area (Å²) in [5, 5.41) is 4.95. The van der Waals surface area contributed by atoms with Crippen LogP contribution in [0.1, 0.15) is 19.3 Å². The van der Waals surface area contributed by atoms with E-state index < -0.39 is 0 Å². The Morgan fingerprint density at radius 3 is 2.68 bits per heavy atom. The van der Waals surface area contributed by atoms with Crippen molar-refractivity contribution < 1.29 is 4.74 Å². The number of aromatic nitrogens is 4. The minimum Gasteiger partial charge on any atom is -0.497 e. The van der Waals surface area contributed by atoms with E-state index in [1.165, 1.54) is 25.9 Å². The Morgan fingerprint density at radius 2 is 1.91 bits per heavy atom. The van der Waals surface area contributed by atoms with Crippen molar-refractivity contribution in [1.82, 2.24) is 24.6 Å². The van der Waals surface area contributed by atoms with Crippen molar-refractivity contribution in [1.29, 1.82) is 0 Å². The fraction of sp³-hybridized carbons (Fsp3) is 0.346. The monoisotopic (exact) mass is 476 g/mol. The third kappa shape index (κ3) is 4.86. The number of hydrogen-bond donors (Lipinski definition) is 0. The number of likely N-dealkylation sites (tertiary alicyclic amines) is 1. The number of halogens is 1. The molecule has 3 heterocycles. The van der Waals surface area contributed by atoms with Gasteiger partial charge in [-0.25, -0.2) is 4.98 Å². The van der Waals surface area contributed by atoms with E-state index in [1.54, 1.807) is 24.2 Å². The second-order valence-electron chi connectivity index (χ2n) is 8.70. The smallest absolute Gasteiger partial charge is 0.121 e. The molecule has 1 fully saturated rings. The normalized spacial score (nSPS) is 14.1. The summed E-state index contributed by atoms with van der Waals surface area (Å²) in [6.07, 6.45) is 9.18. The molecule has 34 heavy (non-hydrogen) atoms. The molecule has 0 saturated carbocycles. The molecule has 0 radical (unpaired) electrons. The van der Waals surface area contributed by atoms with Crippen molar-refractivity contribution in [3.63, 3.8) is 0 Å². The zero-order valence-electron chi connectivity index (χ0n) is 19.6. The summed E-state index contributed by atoms with van der Waals surface area (Å²) in [5.41, 5.74) is 5.39. The van der Waals surface area contributed by atoms with E-state index in [9.17, 15) is 0 Å². The second kappa shape index (κ2) is 9.99. The van der Waals surface area contributed by atoms with Gasteiger partial charge in [-0.2, -0.15) is 5.10 Å². The van der Waals surface area contributed by atoms with Crippen LogP contribution in [-0.4, -0.2) is 57.9 Å². The molecule has 0 aliphatic carbocycles. The van der Waals surface area contributed by atoms with Gasteiger partial charge in [-0.1, -0.05) is 11.6 Å². The first kappa shape index (κ1) is 22.6. The fourth-order valence-electron chi connectivity index (χ4n) is 4.53. The highest BCUT2D eigenvalue weighted by molar-refractivity contribution is 6.33. The molecule has 5 rings (SSSR count). The van der Waals surface area contributed by atoms with Crippen LogP contribution < -0.4 is 9.64 Å². The number of fused-ring (bicyclic) bond motifs is 1. The van der Waals surface area contributed by atoms with Gasteiger partial charge in [0.15, 0.2) is 0 Å². The van der Waals surface area contributed by atoms with Crippen LogP contribution in [0, 0.1) is 0 Å². The van der Waals surface area contributed by atoms with Gasteiger partial charge in [0.2, 0.25) is 0 Å². The zero-order chi connectivity index (χ0) is 23.5. The molecule has 0 atom stereocenters. The van der Waals surface area contributed by atoms with E-state index in [-0.39, 0.29) is 0 Å². The highest BCUT2D eigenvalue weighted by Gasteiger charge is 2.17. The number of rotatable bonds is 8. The predicted molar refractivity (Wildman–Crippen MR) is 137 cm³/mol. The molecule has 0 N–H and O–H groups in total. The van der Waals surface area contributed by atoms with Gasteiger partial charge >= 0.3 is 0 Å². The number of anilines is 2. The Kier molecular flexibility index (Phi) is 6.65. The molecule has 2 aromatic heterocycles. The van der Waals surface area contributed by atoms with Crippen molar-refractivity contribution >= 4 is 34.0 Å². The van der Waals surface area contributed by atoms with Crippen LogP contribution in [-0.2, 0) is 7.05 Å². The minimum atomic E-state index is 0.692. The van der Waals surface area contributed by atoms with Crippen LogP contribution in [0.25, 0.3) is 22.3 Å². The molecular formula is C26H29ClN6O. The third-order valence-electron chi connectivity index (χ3n) is 6.34. The van der Waals surface area contributed by atoms with Crippen molar-refractivity contribution in [2.45, 2.75) is 19.3 Å². The van der Waals surface area contributed by atoms with Crippen LogP contribution in [0.5, 0.6) is 5.75 Å². The molecule has 7 nitrogen and oxygen atoms in total. The molecular weight excluding hydrogens is 448 g/mol. The third-order valence-corrected chi connectivity index (χ3v) is 6.66. The van der Waals surface area contributed by atoms with E-state index in [0.717, 1.165) is 58.9 Å². The Balaban J connectivity index is 1.50. The summed E-state index contributed by atoms with van der Waals surface area (Å²) in [5.74, 6) is 0.781. The van der Waals surface area contributed by atoms with Crippen LogP contribution in [0.2, 0.25) is 5.02 Å². The maximum absolute atomic E-state index is 6.68. The Hall–Kier alpha value is -3.16. The summed E-state index contributed by atoms with van der Waals surface area (Å²) in [6.45, 7) is 4.31. The van der Waals surface area contributed by atoms with Crippen LogP contribution >= 0.6 is 11.6 Å². The lowest BCUT2D eigenvalue weighted by Gasteiger charge is -2.27. The molecule has 2 aromatic carbocycles. The fourth-order valence-corrected chi connectivity index (χ4v) is 4.75. The Bertz CT molecular complexity index is 1280. The van der Waals surface area contributed by atoms with Crippen molar-refractivity contribution in [2.75, 3.05) is 38.2 Å². The number of hydrogen-bond acceptors (Lipinski definition) is 6.